The molecule has 18 heavy (non-hydrogen) atoms. The molecule has 0 aliphatic carbocycles. The highest BCUT2D eigenvalue weighted by Crippen LogP contribution is 2.09. The van der Waals surface area contributed by atoms with Crippen LogP contribution in [0, 0.1) is 0 Å². The van der Waals surface area contributed by atoms with Crippen LogP contribution in [-0.4, -0.2) is 23.5 Å². The van der Waals surface area contributed by atoms with E-state index in [9.17, 15) is 0 Å². The Kier molecular flexibility index (Phi) is 4.36. The fraction of sp³-hybridized carbons (Fsp3) is 0.357. The molecule has 0 aromatic carbocycles. The molecule has 0 bridgehead atoms. The van der Waals surface area contributed by atoms with Crippen molar-refractivity contribution in [2.75, 3.05) is 18.9 Å². The van der Waals surface area contributed by atoms with Gasteiger partial charge in [0.1, 0.15) is 5.82 Å². The molecule has 0 unspecified atom stereocenters. The number of anilines is 1. The van der Waals surface area contributed by atoms with Gasteiger partial charge in [0, 0.05) is 25.2 Å². The molecule has 2 rings (SSSR count). The van der Waals surface area contributed by atoms with Crippen LogP contribution < -0.4 is 5.32 Å². The molecule has 0 aliphatic heterocycles. The van der Waals surface area contributed by atoms with E-state index in [-0.39, 0.29) is 0 Å². The van der Waals surface area contributed by atoms with Gasteiger partial charge in [-0.1, -0.05) is 6.07 Å². The lowest BCUT2D eigenvalue weighted by molar-refractivity contribution is 0.314. The number of nitrogens with zero attached hydrogens (tertiary/aromatic N) is 2. The minimum atomic E-state index is 0.824. The third kappa shape index (κ3) is 3.60. The fourth-order valence-electron chi connectivity index (χ4n) is 1.87. The fourth-order valence-corrected chi connectivity index (χ4v) is 1.87. The summed E-state index contributed by atoms with van der Waals surface area (Å²) in [4.78, 5) is 6.77. The molecule has 1 N–H and O–H groups in total. The highest BCUT2D eigenvalue weighted by atomic mass is 16.3. The normalized spacial score (nSPS) is 10.8. The quantitative estimate of drug-likeness (QED) is 0.849. The Labute approximate surface area is 108 Å². The third-order valence-electron chi connectivity index (χ3n) is 2.63. The summed E-state index contributed by atoms with van der Waals surface area (Å²) in [6, 6.07) is 8.06. The highest BCUT2D eigenvalue weighted by molar-refractivity contribution is 5.34. The van der Waals surface area contributed by atoms with Crippen LogP contribution in [0.5, 0.6) is 0 Å². The van der Waals surface area contributed by atoms with Crippen molar-refractivity contribution in [1.29, 1.82) is 0 Å². The number of nitrogens with one attached hydrogen (secondary N) is 1. The van der Waals surface area contributed by atoms with Gasteiger partial charge in [-0.2, -0.15) is 0 Å². The molecule has 2 aromatic heterocycles. The molecule has 0 saturated carbocycles. The second kappa shape index (κ2) is 6.21. The van der Waals surface area contributed by atoms with E-state index in [2.05, 4.69) is 29.2 Å². The second-order valence-electron chi connectivity index (χ2n) is 4.35. The maximum atomic E-state index is 5.06. The van der Waals surface area contributed by atoms with Crippen molar-refractivity contribution in [3.63, 3.8) is 0 Å². The van der Waals surface area contributed by atoms with Crippen LogP contribution in [0.25, 0.3) is 0 Å². The average Bonchev–Trinajstić information content (AvgIpc) is 2.82. The van der Waals surface area contributed by atoms with E-state index in [1.54, 1.807) is 12.5 Å². The Bertz CT molecular complexity index is 468. The number of aromatic nitrogens is 1. The Balaban J connectivity index is 1.93. The summed E-state index contributed by atoms with van der Waals surface area (Å²) in [7, 11) is 2.08. The van der Waals surface area contributed by atoms with Crippen molar-refractivity contribution >= 4 is 5.82 Å². The molecule has 2 aromatic rings. The Morgan fingerprint density at radius 2 is 2.17 bits per heavy atom. The van der Waals surface area contributed by atoms with E-state index >= 15 is 0 Å². The molecule has 0 saturated heterocycles. The van der Waals surface area contributed by atoms with Gasteiger partial charge in [-0.05, 0) is 32.2 Å². The van der Waals surface area contributed by atoms with E-state index in [0.29, 0.717) is 0 Å². The predicted molar refractivity (Wildman–Crippen MR) is 72.3 cm³/mol. The van der Waals surface area contributed by atoms with Crippen LogP contribution in [0.15, 0.2) is 41.2 Å². The maximum Gasteiger partial charge on any atom is 0.126 e. The topological polar surface area (TPSA) is 41.3 Å². The van der Waals surface area contributed by atoms with Gasteiger partial charge in [0.25, 0.3) is 0 Å². The number of furan rings is 1. The Morgan fingerprint density at radius 3 is 2.89 bits per heavy atom. The molecule has 0 amide bonds. The lowest BCUT2D eigenvalue weighted by Crippen LogP contribution is -2.17. The summed E-state index contributed by atoms with van der Waals surface area (Å²) in [6.45, 7) is 4.65. The van der Waals surface area contributed by atoms with Crippen molar-refractivity contribution in [3.8, 4) is 0 Å². The Hall–Kier alpha value is -1.81. The highest BCUT2D eigenvalue weighted by Gasteiger charge is 2.04. The summed E-state index contributed by atoms with van der Waals surface area (Å²) in [6.07, 6.45) is 3.48. The van der Waals surface area contributed by atoms with Crippen LogP contribution in [0.3, 0.4) is 0 Å². The van der Waals surface area contributed by atoms with Gasteiger partial charge >= 0.3 is 0 Å². The van der Waals surface area contributed by atoms with Crippen LogP contribution in [0.2, 0.25) is 0 Å². The van der Waals surface area contributed by atoms with Gasteiger partial charge in [-0.25, -0.2) is 4.98 Å². The van der Waals surface area contributed by atoms with Crippen molar-refractivity contribution in [2.45, 2.75) is 20.0 Å². The van der Waals surface area contributed by atoms with Crippen molar-refractivity contribution in [2.24, 2.45) is 0 Å². The molecule has 2 heterocycles. The molecular weight excluding hydrogens is 226 g/mol. The van der Waals surface area contributed by atoms with Gasteiger partial charge in [-0.15, -0.1) is 0 Å². The number of hydrogen-bond donors (Lipinski definition) is 1. The van der Waals surface area contributed by atoms with E-state index < -0.39 is 0 Å². The van der Waals surface area contributed by atoms with Gasteiger partial charge in [0.05, 0.1) is 18.2 Å². The molecule has 4 nitrogen and oxygen atoms in total. The molecule has 0 atom stereocenters. The molecule has 4 heteroatoms. The zero-order valence-electron chi connectivity index (χ0n) is 10.9. The SMILES string of the molecule is CCNc1cccc(CN(C)Cc2ccoc2)n1. The largest absolute Gasteiger partial charge is 0.472 e. The van der Waals surface area contributed by atoms with E-state index in [4.69, 9.17) is 4.42 Å². The summed E-state index contributed by atoms with van der Waals surface area (Å²) >= 11 is 0. The van der Waals surface area contributed by atoms with Crippen LogP contribution in [0.4, 0.5) is 5.82 Å². The van der Waals surface area contributed by atoms with Crippen molar-refractivity contribution < 1.29 is 4.42 Å². The standard InChI is InChI=1S/C14H19N3O/c1-3-15-14-6-4-5-13(16-14)10-17(2)9-12-7-8-18-11-12/h4-8,11H,3,9-10H2,1-2H3,(H,15,16). The van der Waals surface area contributed by atoms with Crippen molar-refractivity contribution in [1.82, 2.24) is 9.88 Å². The monoisotopic (exact) mass is 245 g/mol. The molecule has 0 spiro atoms. The van der Waals surface area contributed by atoms with Crippen LogP contribution in [-0.2, 0) is 13.1 Å². The van der Waals surface area contributed by atoms with E-state index in [1.165, 1.54) is 5.56 Å². The first kappa shape index (κ1) is 12.6. The smallest absolute Gasteiger partial charge is 0.126 e. The minimum Gasteiger partial charge on any atom is -0.472 e. The summed E-state index contributed by atoms with van der Waals surface area (Å²) in [5.74, 6) is 0.937. The van der Waals surface area contributed by atoms with E-state index in [1.807, 2.05) is 24.3 Å². The number of hydrogen-bond acceptors (Lipinski definition) is 4. The zero-order chi connectivity index (χ0) is 12.8. The first-order chi connectivity index (χ1) is 8.78. The number of rotatable bonds is 6. The minimum absolute atomic E-state index is 0.824. The lowest BCUT2D eigenvalue weighted by Gasteiger charge is -2.15. The zero-order valence-corrected chi connectivity index (χ0v) is 10.9. The summed E-state index contributed by atoms with van der Waals surface area (Å²) in [5.41, 5.74) is 2.25. The van der Waals surface area contributed by atoms with E-state index in [0.717, 1.165) is 31.1 Å². The molecular formula is C14H19N3O. The van der Waals surface area contributed by atoms with Crippen LogP contribution in [0.1, 0.15) is 18.2 Å². The van der Waals surface area contributed by atoms with Crippen molar-refractivity contribution in [3.05, 3.63) is 48.0 Å². The molecule has 96 valence electrons. The lowest BCUT2D eigenvalue weighted by atomic mass is 10.3. The molecule has 0 aliphatic rings. The average molecular weight is 245 g/mol. The van der Waals surface area contributed by atoms with Crippen LogP contribution >= 0.6 is 0 Å². The third-order valence-corrected chi connectivity index (χ3v) is 2.63. The summed E-state index contributed by atoms with van der Waals surface area (Å²) in [5, 5.41) is 3.22. The molecule has 0 fully saturated rings. The second-order valence-corrected chi connectivity index (χ2v) is 4.35. The summed E-state index contributed by atoms with van der Waals surface area (Å²) < 4.78 is 5.06. The predicted octanol–water partition coefficient (Wildman–Crippen LogP) is 2.74. The number of pyridine rings is 1. The Morgan fingerprint density at radius 1 is 1.28 bits per heavy atom. The molecule has 0 radical (unpaired) electrons. The van der Waals surface area contributed by atoms with Gasteiger partial charge < -0.3 is 9.73 Å². The van der Waals surface area contributed by atoms with Gasteiger partial charge in [0.2, 0.25) is 0 Å². The first-order valence-corrected chi connectivity index (χ1v) is 6.17. The van der Waals surface area contributed by atoms with Gasteiger partial charge in [-0.3, -0.25) is 4.90 Å². The first-order valence-electron chi connectivity index (χ1n) is 6.17. The maximum absolute atomic E-state index is 5.06. The van der Waals surface area contributed by atoms with Gasteiger partial charge in [0.15, 0.2) is 0 Å².